The molecule has 1 atom stereocenters. The molecule has 2 rings (SSSR count). The third kappa shape index (κ3) is 3.13. The Morgan fingerprint density at radius 2 is 2.05 bits per heavy atom. The highest BCUT2D eigenvalue weighted by Gasteiger charge is 2.37. The summed E-state index contributed by atoms with van der Waals surface area (Å²) in [6, 6.07) is 5.88. The Kier molecular flexibility index (Phi) is 5.00. The van der Waals surface area contributed by atoms with Crippen LogP contribution in [0.25, 0.3) is 0 Å². The molecule has 0 saturated carbocycles. The Morgan fingerprint density at radius 3 is 2.70 bits per heavy atom. The summed E-state index contributed by atoms with van der Waals surface area (Å²) in [7, 11) is 0. The minimum Gasteiger partial charge on any atom is -0.314 e. The summed E-state index contributed by atoms with van der Waals surface area (Å²) >= 11 is 0. The van der Waals surface area contributed by atoms with Gasteiger partial charge in [-0.3, -0.25) is 9.69 Å². The van der Waals surface area contributed by atoms with Gasteiger partial charge in [0.1, 0.15) is 0 Å². The second-order valence-electron chi connectivity index (χ2n) is 5.89. The number of piperazine rings is 1. The number of nitrogens with zero attached hydrogens (tertiary/aromatic N) is 2. The van der Waals surface area contributed by atoms with E-state index in [4.69, 9.17) is 0 Å². The van der Waals surface area contributed by atoms with Crippen molar-refractivity contribution in [2.45, 2.75) is 51.7 Å². The molecular weight excluding hydrogens is 250 g/mol. The molecule has 1 saturated heterocycles. The molecule has 1 N–H and O–H groups in total. The van der Waals surface area contributed by atoms with E-state index in [0.717, 1.165) is 39.0 Å². The topological polar surface area (TPSA) is 37.3 Å². The summed E-state index contributed by atoms with van der Waals surface area (Å²) in [5, 5.41) is 3.60. The van der Waals surface area contributed by atoms with Crippen molar-refractivity contribution in [2.24, 2.45) is 0 Å². The second-order valence-corrected chi connectivity index (χ2v) is 5.89. The highest BCUT2D eigenvalue weighted by Crippen LogP contribution is 2.26. The van der Waals surface area contributed by atoms with Gasteiger partial charge in [0, 0.05) is 50.0 Å². The van der Waals surface area contributed by atoms with Crippen LogP contribution < -0.4 is 10.9 Å². The molecule has 1 unspecified atom stereocenters. The molecule has 20 heavy (non-hydrogen) atoms. The van der Waals surface area contributed by atoms with Gasteiger partial charge in [-0.05, 0) is 25.8 Å². The monoisotopic (exact) mass is 277 g/mol. The summed E-state index contributed by atoms with van der Waals surface area (Å²) in [4.78, 5) is 14.4. The largest absolute Gasteiger partial charge is 0.314 e. The molecular formula is C16H27N3O. The van der Waals surface area contributed by atoms with Gasteiger partial charge in [-0.2, -0.15) is 0 Å². The van der Waals surface area contributed by atoms with Gasteiger partial charge in [-0.15, -0.1) is 0 Å². The zero-order valence-corrected chi connectivity index (χ0v) is 12.9. The first-order valence-corrected chi connectivity index (χ1v) is 7.75. The Balaban J connectivity index is 2.08. The highest BCUT2D eigenvalue weighted by atomic mass is 16.1. The summed E-state index contributed by atoms with van der Waals surface area (Å²) in [5.74, 6) is 0. The molecule has 1 fully saturated rings. The molecule has 4 heteroatoms. The molecule has 1 aromatic rings. The van der Waals surface area contributed by atoms with Crippen molar-refractivity contribution in [3.63, 3.8) is 0 Å². The number of rotatable bonds is 5. The minimum absolute atomic E-state index is 0.0919. The molecule has 4 nitrogen and oxygen atoms in total. The van der Waals surface area contributed by atoms with Crippen LogP contribution in [0.5, 0.6) is 0 Å². The molecule has 2 heterocycles. The number of hydrogen-bond donors (Lipinski definition) is 1. The molecule has 0 amide bonds. The van der Waals surface area contributed by atoms with Crippen molar-refractivity contribution in [3.05, 3.63) is 34.7 Å². The third-order valence-corrected chi connectivity index (χ3v) is 4.77. The molecule has 0 aromatic carbocycles. The Hall–Kier alpha value is -1.13. The van der Waals surface area contributed by atoms with Crippen LogP contribution in [-0.4, -0.2) is 40.7 Å². The molecule has 0 bridgehead atoms. The fourth-order valence-electron chi connectivity index (χ4n) is 3.21. The van der Waals surface area contributed by atoms with Crippen LogP contribution in [0.1, 0.15) is 33.6 Å². The van der Waals surface area contributed by atoms with Gasteiger partial charge in [0.05, 0.1) is 0 Å². The van der Waals surface area contributed by atoms with Crippen LogP contribution >= 0.6 is 0 Å². The van der Waals surface area contributed by atoms with Crippen molar-refractivity contribution >= 4 is 0 Å². The number of aromatic nitrogens is 1. The number of nitrogens with one attached hydrogen (secondary N) is 1. The quantitative estimate of drug-likeness (QED) is 0.890. The Labute approximate surface area is 121 Å². The van der Waals surface area contributed by atoms with Crippen LogP contribution in [0.3, 0.4) is 0 Å². The lowest BCUT2D eigenvalue weighted by molar-refractivity contribution is 0.0319. The first kappa shape index (κ1) is 15.3. The zero-order chi connectivity index (χ0) is 14.6. The van der Waals surface area contributed by atoms with Gasteiger partial charge >= 0.3 is 0 Å². The maximum absolute atomic E-state index is 11.8. The van der Waals surface area contributed by atoms with Gasteiger partial charge in [0.15, 0.2) is 0 Å². The van der Waals surface area contributed by atoms with Crippen molar-refractivity contribution in [3.8, 4) is 0 Å². The SMILES string of the molecule is CCC1(CC)CNC(C)CN1CCn1ccccc1=O. The lowest BCUT2D eigenvalue weighted by atomic mass is 9.87. The van der Waals surface area contributed by atoms with Crippen molar-refractivity contribution in [2.75, 3.05) is 19.6 Å². The van der Waals surface area contributed by atoms with Gasteiger partial charge in [0.25, 0.3) is 5.56 Å². The van der Waals surface area contributed by atoms with Gasteiger partial charge in [-0.25, -0.2) is 0 Å². The zero-order valence-electron chi connectivity index (χ0n) is 12.9. The van der Waals surface area contributed by atoms with Crippen LogP contribution in [0.2, 0.25) is 0 Å². The third-order valence-electron chi connectivity index (χ3n) is 4.77. The summed E-state index contributed by atoms with van der Waals surface area (Å²) in [6.07, 6.45) is 4.17. The lowest BCUT2D eigenvalue weighted by Gasteiger charge is -2.49. The molecule has 1 aliphatic rings. The minimum atomic E-state index is 0.0919. The molecule has 0 spiro atoms. The molecule has 0 radical (unpaired) electrons. The highest BCUT2D eigenvalue weighted by molar-refractivity contribution is 4.97. The van der Waals surface area contributed by atoms with E-state index in [1.807, 2.05) is 16.8 Å². The van der Waals surface area contributed by atoms with Gasteiger partial charge in [-0.1, -0.05) is 19.9 Å². The molecule has 1 aliphatic heterocycles. The second kappa shape index (κ2) is 6.55. The average Bonchev–Trinajstić information content (AvgIpc) is 2.47. The van der Waals surface area contributed by atoms with Gasteiger partial charge < -0.3 is 9.88 Å². The van der Waals surface area contributed by atoms with E-state index in [1.54, 1.807) is 12.1 Å². The van der Waals surface area contributed by atoms with Crippen LogP contribution in [0, 0.1) is 0 Å². The Bertz CT molecular complexity index is 479. The number of pyridine rings is 1. The smallest absolute Gasteiger partial charge is 0.250 e. The van der Waals surface area contributed by atoms with E-state index in [-0.39, 0.29) is 11.1 Å². The van der Waals surface area contributed by atoms with Crippen molar-refractivity contribution in [1.82, 2.24) is 14.8 Å². The normalized spacial score (nSPS) is 22.9. The predicted molar refractivity (Wildman–Crippen MR) is 83.1 cm³/mol. The summed E-state index contributed by atoms with van der Waals surface area (Å²) in [5.41, 5.74) is 0.333. The summed E-state index contributed by atoms with van der Waals surface area (Å²) in [6.45, 7) is 10.6. The summed E-state index contributed by atoms with van der Waals surface area (Å²) < 4.78 is 1.81. The van der Waals surface area contributed by atoms with E-state index in [0.29, 0.717) is 6.04 Å². The van der Waals surface area contributed by atoms with Crippen molar-refractivity contribution < 1.29 is 0 Å². The standard InChI is InChI=1S/C16H27N3O/c1-4-16(5-2)13-17-14(3)12-19(16)11-10-18-9-7-6-8-15(18)20/h6-9,14,17H,4-5,10-13H2,1-3H3. The maximum Gasteiger partial charge on any atom is 0.250 e. The maximum atomic E-state index is 11.8. The average molecular weight is 277 g/mol. The molecule has 1 aromatic heterocycles. The van der Waals surface area contributed by atoms with Crippen molar-refractivity contribution in [1.29, 1.82) is 0 Å². The van der Waals surface area contributed by atoms with Crippen LogP contribution in [-0.2, 0) is 6.54 Å². The van der Waals surface area contributed by atoms with E-state index >= 15 is 0 Å². The first-order valence-electron chi connectivity index (χ1n) is 7.75. The Morgan fingerprint density at radius 1 is 1.30 bits per heavy atom. The fourth-order valence-corrected chi connectivity index (χ4v) is 3.21. The van der Waals surface area contributed by atoms with Gasteiger partial charge in [0.2, 0.25) is 0 Å². The van der Waals surface area contributed by atoms with E-state index in [9.17, 15) is 4.79 Å². The van der Waals surface area contributed by atoms with Crippen LogP contribution in [0.4, 0.5) is 0 Å². The van der Waals surface area contributed by atoms with E-state index < -0.39 is 0 Å². The molecule has 0 aliphatic carbocycles. The fraction of sp³-hybridized carbons (Fsp3) is 0.688. The molecule has 112 valence electrons. The predicted octanol–water partition coefficient (Wildman–Crippen LogP) is 1.70. The number of hydrogen-bond acceptors (Lipinski definition) is 3. The first-order chi connectivity index (χ1) is 9.61. The lowest BCUT2D eigenvalue weighted by Crippen LogP contribution is -2.64. The van der Waals surface area contributed by atoms with E-state index in [2.05, 4.69) is 31.0 Å². The van der Waals surface area contributed by atoms with Crippen LogP contribution in [0.15, 0.2) is 29.2 Å². The van der Waals surface area contributed by atoms with E-state index in [1.165, 1.54) is 0 Å².